The van der Waals surface area contributed by atoms with Gasteiger partial charge in [0.15, 0.2) is 0 Å². The van der Waals surface area contributed by atoms with Crippen molar-refractivity contribution in [2.45, 2.75) is 0 Å². The Morgan fingerprint density at radius 1 is 0.245 bits per heavy atom. The smallest absolute Gasteiger partial charge is 0.0433 e. The van der Waals surface area contributed by atoms with E-state index in [9.17, 15) is 0 Å². The van der Waals surface area contributed by atoms with Crippen LogP contribution in [0.1, 0.15) is 0 Å². The lowest BCUT2D eigenvalue weighted by molar-refractivity contribution is 1.63. The van der Waals surface area contributed by atoms with Gasteiger partial charge < -0.3 is 0 Å². The van der Waals surface area contributed by atoms with Crippen LogP contribution in [0.5, 0.6) is 0 Å². The molecular weight excluding hydrogens is 609 g/mol. The summed E-state index contributed by atoms with van der Waals surface area (Å²) in [6.45, 7) is 0. The summed E-state index contributed by atoms with van der Waals surface area (Å²) >= 11 is 1.89. The first-order chi connectivity index (χ1) is 24.3. The predicted octanol–water partition coefficient (Wildman–Crippen LogP) is 14.3. The van der Waals surface area contributed by atoms with E-state index in [4.69, 9.17) is 0 Å². The Hall–Kier alpha value is -6.02. The standard InChI is InChI=1S/C48H28S/c1-3-15-35-33(13-1)34-14-2-4-16-36(34)44-28-46-39-24-23-30(26-42(39)37-17-5-6-18-38(37)45(46)27-43(35)44)29-11-9-12-31(25-29)32-20-10-21-41-40-19-7-8-22-47(40)49-48(32)41/h1-28H. The van der Waals surface area contributed by atoms with E-state index in [2.05, 4.69) is 170 Å². The van der Waals surface area contributed by atoms with Crippen LogP contribution in [0, 0.1) is 0 Å². The Kier molecular flexibility index (Phi) is 5.64. The molecule has 0 nitrogen and oxygen atoms in total. The molecular formula is C48H28S. The summed E-state index contributed by atoms with van der Waals surface area (Å²) in [5.74, 6) is 0. The SMILES string of the molecule is c1cc(-c2ccc3c(c2)c2ccccc2c2cc4c5ccccc5c5ccccc5c4cc32)cc(-c2cccc3c2sc2ccccc23)c1. The molecule has 10 aromatic carbocycles. The van der Waals surface area contributed by atoms with Gasteiger partial charge in [0.1, 0.15) is 0 Å². The molecule has 0 atom stereocenters. The first-order valence-corrected chi connectivity index (χ1v) is 17.7. The molecule has 0 saturated heterocycles. The maximum Gasteiger partial charge on any atom is 0.0433 e. The number of hydrogen-bond donors (Lipinski definition) is 0. The van der Waals surface area contributed by atoms with Crippen molar-refractivity contribution in [3.05, 3.63) is 170 Å². The second-order valence-electron chi connectivity index (χ2n) is 13.2. The van der Waals surface area contributed by atoms with Crippen LogP contribution in [0.2, 0.25) is 0 Å². The Labute approximate surface area is 287 Å². The molecule has 1 heteroatoms. The monoisotopic (exact) mass is 636 g/mol. The molecule has 0 aliphatic heterocycles. The maximum atomic E-state index is 2.46. The van der Waals surface area contributed by atoms with Crippen molar-refractivity contribution in [3.63, 3.8) is 0 Å². The molecule has 49 heavy (non-hydrogen) atoms. The van der Waals surface area contributed by atoms with E-state index in [-0.39, 0.29) is 0 Å². The van der Waals surface area contributed by atoms with Crippen molar-refractivity contribution < 1.29 is 0 Å². The van der Waals surface area contributed by atoms with E-state index in [0.717, 1.165) is 0 Å². The molecule has 1 aromatic heterocycles. The minimum absolute atomic E-state index is 1.23. The van der Waals surface area contributed by atoms with Gasteiger partial charge in [0.2, 0.25) is 0 Å². The van der Waals surface area contributed by atoms with Crippen molar-refractivity contribution >= 4 is 96.1 Å². The van der Waals surface area contributed by atoms with Crippen LogP contribution in [0.3, 0.4) is 0 Å². The zero-order valence-electron chi connectivity index (χ0n) is 26.6. The molecule has 0 radical (unpaired) electrons. The average molecular weight is 637 g/mol. The fourth-order valence-corrected chi connectivity index (χ4v) is 9.61. The van der Waals surface area contributed by atoms with Gasteiger partial charge >= 0.3 is 0 Å². The van der Waals surface area contributed by atoms with Crippen molar-refractivity contribution in [2.24, 2.45) is 0 Å². The minimum atomic E-state index is 1.23. The number of benzene rings is 10. The van der Waals surface area contributed by atoms with Gasteiger partial charge in [-0.15, -0.1) is 11.3 Å². The van der Waals surface area contributed by atoms with E-state index < -0.39 is 0 Å². The third kappa shape index (κ3) is 3.91. The molecule has 1 heterocycles. The highest BCUT2D eigenvalue weighted by atomic mass is 32.1. The maximum absolute atomic E-state index is 2.46. The number of fused-ring (bicyclic) bond motifs is 15. The fraction of sp³-hybridized carbons (Fsp3) is 0. The van der Waals surface area contributed by atoms with Gasteiger partial charge in [-0.25, -0.2) is 0 Å². The van der Waals surface area contributed by atoms with E-state index in [1.54, 1.807) is 0 Å². The van der Waals surface area contributed by atoms with E-state index >= 15 is 0 Å². The van der Waals surface area contributed by atoms with Crippen molar-refractivity contribution in [1.29, 1.82) is 0 Å². The highest BCUT2D eigenvalue weighted by molar-refractivity contribution is 7.26. The summed E-state index contributed by atoms with van der Waals surface area (Å²) in [6.07, 6.45) is 0. The molecule has 11 rings (SSSR count). The van der Waals surface area contributed by atoms with Crippen LogP contribution in [-0.2, 0) is 0 Å². The van der Waals surface area contributed by atoms with Gasteiger partial charge in [0.25, 0.3) is 0 Å². The molecule has 0 N–H and O–H groups in total. The van der Waals surface area contributed by atoms with Gasteiger partial charge in [-0.3, -0.25) is 0 Å². The predicted molar refractivity (Wildman–Crippen MR) is 215 cm³/mol. The van der Waals surface area contributed by atoms with Crippen LogP contribution in [0.25, 0.3) is 107 Å². The summed E-state index contributed by atoms with van der Waals surface area (Å²) in [7, 11) is 0. The van der Waals surface area contributed by atoms with Crippen LogP contribution in [0.4, 0.5) is 0 Å². The molecule has 0 spiro atoms. The highest BCUT2D eigenvalue weighted by Crippen LogP contribution is 2.44. The van der Waals surface area contributed by atoms with Gasteiger partial charge in [-0.2, -0.15) is 0 Å². The van der Waals surface area contributed by atoms with E-state index in [1.807, 2.05) is 11.3 Å². The molecule has 0 amide bonds. The van der Waals surface area contributed by atoms with Crippen LogP contribution in [0.15, 0.2) is 170 Å². The molecule has 0 bridgehead atoms. The molecule has 0 unspecified atom stereocenters. The topological polar surface area (TPSA) is 0 Å². The van der Waals surface area contributed by atoms with E-state index in [0.29, 0.717) is 0 Å². The van der Waals surface area contributed by atoms with E-state index in [1.165, 1.54) is 107 Å². The second-order valence-corrected chi connectivity index (χ2v) is 14.3. The third-order valence-electron chi connectivity index (χ3n) is 10.6. The average Bonchev–Trinajstić information content (AvgIpc) is 3.56. The molecule has 0 aliphatic rings. The zero-order chi connectivity index (χ0) is 32.1. The summed E-state index contributed by atoms with van der Waals surface area (Å²) < 4.78 is 2.69. The summed E-state index contributed by atoms with van der Waals surface area (Å²) in [6, 6.07) is 63.2. The molecule has 226 valence electrons. The molecule has 0 aliphatic carbocycles. The quantitative estimate of drug-likeness (QED) is 0.131. The van der Waals surface area contributed by atoms with Gasteiger partial charge in [0, 0.05) is 20.2 Å². The normalized spacial score (nSPS) is 12.1. The first kappa shape index (κ1) is 27.0. The van der Waals surface area contributed by atoms with Crippen LogP contribution < -0.4 is 0 Å². The Morgan fingerprint density at radius 3 is 1.29 bits per heavy atom. The Balaban J connectivity index is 1.16. The number of rotatable bonds is 2. The lowest BCUT2D eigenvalue weighted by Crippen LogP contribution is -1.88. The van der Waals surface area contributed by atoms with Crippen LogP contribution >= 0.6 is 11.3 Å². The van der Waals surface area contributed by atoms with Gasteiger partial charge in [0.05, 0.1) is 0 Å². The van der Waals surface area contributed by atoms with Crippen molar-refractivity contribution in [1.82, 2.24) is 0 Å². The Morgan fingerprint density at radius 2 is 0.673 bits per heavy atom. The van der Waals surface area contributed by atoms with Gasteiger partial charge in [-0.05, 0) is 117 Å². The zero-order valence-corrected chi connectivity index (χ0v) is 27.4. The largest absolute Gasteiger partial charge is 0.135 e. The number of thiophene rings is 1. The second kappa shape index (κ2) is 10.2. The lowest BCUT2D eigenvalue weighted by Gasteiger charge is -2.16. The Bertz CT molecular complexity index is 3160. The minimum Gasteiger partial charge on any atom is -0.135 e. The molecule has 0 fully saturated rings. The van der Waals surface area contributed by atoms with Crippen molar-refractivity contribution in [3.8, 4) is 22.3 Å². The lowest BCUT2D eigenvalue weighted by atomic mass is 9.87. The number of hydrogen-bond acceptors (Lipinski definition) is 1. The molecule has 11 aromatic rings. The molecule has 0 saturated carbocycles. The van der Waals surface area contributed by atoms with Crippen LogP contribution in [-0.4, -0.2) is 0 Å². The summed E-state index contributed by atoms with van der Waals surface area (Å²) in [4.78, 5) is 0. The third-order valence-corrected chi connectivity index (χ3v) is 11.8. The first-order valence-electron chi connectivity index (χ1n) is 16.9. The summed E-state index contributed by atoms with van der Waals surface area (Å²) in [5.41, 5.74) is 5.02. The fourth-order valence-electron chi connectivity index (χ4n) is 8.37. The summed E-state index contributed by atoms with van der Waals surface area (Å²) in [5, 5.41) is 18.3. The highest BCUT2D eigenvalue weighted by Gasteiger charge is 2.15. The van der Waals surface area contributed by atoms with Gasteiger partial charge in [-0.1, -0.05) is 140 Å². The van der Waals surface area contributed by atoms with Crippen molar-refractivity contribution in [2.75, 3.05) is 0 Å².